The zero-order valence-electron chi connectivity index (χ0n) is 17.6. The first kappa shape index (κ1) is 23.3. The van der Waals surface area contributed by atoms with Crippen LogP contribution in [0.5, 0.6) is 0 Å². The lowest BCUT2D eigenvalue weighted by Gasteiger charge is -2.37. The molecule has 170 valence electrons. The van der Waals surface area contributed by atoms with Crippen LogP contribution >= 0.6 is 34.8 Å². The van der Waals surface area contributed by atoms with E-state index in [1.165, 1.54) is 5.69 Å². The molecule has 1 fully saturated rings. The fourth-order valence-electron chi connectivity index (χ4n) is 4.03. The van der Waals surface area contributed by atoms with Crippen LogP contribution in [0.2, 0.25) is 15.1 Å². The summed E-state index contributed by atoms with van der Waals surface area (Å²) in [7, 11) is -3.56. The number of sulfone groups is 1. The molecule has 0 aliphatic carbocycles. The number of aromatic amines is 1. The molecule has 2 aromatic carbocycles. The largest absolute Gasteiger partial charge is 0.368 e. The van der Waals surface area contributed by atoms with E-state index in [4.69, 9.17) is 34.8 Å². The third-order valence-electron chi connectivity index (χ3n) is 5.59. The Hall–Kier alpha value is -1.86. The van der Waals surface area contributed by atoms with Gasteiger partial charge in [-0.05, 0) is 30.7 Å². The zero-order valence-corrected chi connectivity index (χ0v) is 20.7. The summed E-state index contributed by atoms with van der Waals surface area (Å²) in [5, 5.41) is 1.13. The molecule has 2 heterocycles. The third kappa shape index (κ3) is 4.60. The molecular formula is C23H24Cl3N3O2S. The number of halogens is 3. The Morgan fingerprint density at radius 1 is 0.938 bits per heavy atom. The average Bonchev–Trinajstić information content (AvgIpc) is 3.12. The summed E-state index contributed by atoms with van der Waals surface area (Å²) in [5.74, 6) is 0.684. The number of nitrogens with one attached hydrogen (secondary N) is 1. The highest BCUT2D eigenvalue weighted by Gasteiger charge is 2.30. The second-order valence-electron chi connectivity index (χ2n) is 7.74. The number of anilines is 2. The van der Waals surface area contributed by atoms with E-state index in [2.05, 4.69) is 26.9 Å². The van der Waals surface area contributed by atoms with Crippen LogP contribution in [0.3, 0.4) is 0 Å². The fourth-order valence-corrected chi connectivity index (χ4v) is 6.49. The van der Waals surface area contributed by atoms with Crippen LogP contribution < -0.4 is 9.80 Å². The molecule has 0 unspecified atom stereocenters. The maximum Gasteiger partial charge on any atom is 0.195 e. The number of para-hydroxylation sites is 1. The second-order valence-corrected chi connectivity index (χ2v) is 11.0. The highest BCUT2D eigenvalue weighted by Crippen LogP contribution is 2.45. The van der Waals surface area contributed by atoms with Crippen LogP contribution in [0, 0.1) is 0 Å². The van der Waals surface area contributed by atoms with E-state index in [-0.39, 0.29) is 15.8 Å². The Morgan fingerprint density at radius 3 is 2.22 bits per heavy atom. The van der Waals surface area contributed by atoms with Gasteiger partial charge in [0.05, 0.1) is 15.8 Å². The summed E-state index contributed by atoms with van der Waals surface area (Å²) in [6, 6.07) is 15.4. The molecule has 3 aromatic rings. The number of H-pyrrole nitrogens is 1. The van der Waals surface area contributed by atoms with Gasteiger partial charge in [-0.1, -0.05) is 66.0 Å². The van der Waals surface area contributed by atoms with Crippen LogP contribution in [0.1, 0.15) is 13.3 Å². The van der Waals surface area contributed by atoms with Crippen molar-refractivity contribution in [2.45, 2.75) is 18.4 Å². The van der Waals surface area contributed by atoms with Gasteiger partial charge in [0.25, 0.3) is 0 Å². The van der Waals surface area contributed by atoms with E-state index >= 15 is 0 Å². The molecule has 1 saturated heterocycles. The predicted octanol–water partition coefficient (Wildman–Crippen LogP) is 6.15. The van der Waals surface area contributed by atoms with E-state index in [0.29, 0.717) is 46.5 Å². The first-order valence-corrected chi connectivity index (χ1v) is 13.2. The molecule has 1 aliphatic rings. The SMILES string of the molecule is CCCS(=O)(=O)c1[nH]c(N2CCN(c3ccccc3)CC2)c(-c2ccc(Cl)cc2Cl)c1Cl. The number of aromatic nitrogens is 1. The summed E-state index contributed by atoms with van der Waals surface area (Å²) in [5.41, 5.74) is 2.41. The summed E-state index contributed by atoms with van der Waals surface area (Å²) in [4.78, 5) is 7.58. The van der Waals surface area contributed by atoms with Crippen molar-refractivity contribution >= 4 is 56.1 Å². The normalized spacial score (nSPS) is 14.8. The monoisotopic (exact) mass is 511 g/mol. The summed E-state index contributed by atoms with van der Waals surface area (Å²) in [6.07, 6.45) is 0.500. The highest BCUT2D eigenvalue weighted by atomic mass is 35.5. The molecule has 0 spiro atoms. The second kappa shape index (κ2) is 9.56. The van der Waals surface area contributed by atoms with Gasteiger partial charge in [0.1, 0.15) is 5.82 Å². The molecule has 1 aromatic heterocycles. The van der Waals surface area contributed by atoms with E-state index in [1.807, 2.05) is 25.1 Å². The van der Waals surface area contributed by atoms with Gasteiger partial charge in [0.2, 0.25) is 0 Å². The van der Waals surface area contributed by atoms with Gasteiger partial charge in [-0.15, -0.1) is 0 Å². The molecule has 0 amide bonds. The first-order valence-electron chi connectivity index (χ1n) is 10.5. The topological polar surface area (TPSA) is 56.4 Å². The number of rotatable bonds is 6. The molecule has 0 radical (unpaired) electrons. The Bertz CT molecular complexity index is 1200. The minimum absolute atomic E-state index is 0.0161. The number of hydrogen-bond donors (Lipinski definition) is 1. The summed E-state index contributed by atoms with van der Waals surface area (Å²) < 4.78 is 25.8. The molecule has 0 saturated carbocycles. The number of benzene rings is 2. The zero-order chi connectivity index (χ0) is 22.9. The molecule has 0 bridgehead atoms. The molecule has 9 heteroatoms. The van der Waals surface area contributed by atoms with Crippen LogP contribution in [0.25, 0.3) is 11.1 Å². The first-order chi connectivity index (χ1) is 15.3. The van der Waals surface area contributed by atoms with E-state index in [1.54, 1.807) is 18.2 Å². The number of hydrogen-bond acceptors (Lipinski definition) is 4. The van der Waals surface area contributed by atoms with Crippen LogP contribution in [0.4, 0.5) is 11.5 Å². The Labute approximate surface area is 203 Å². The Balaban J connectivity index is 1.74. The minimum atomic E-state index is -3.56. The Morgan fingerprint density at radius 2 is 1.59 bits per heavy atom. The average molecular weight is 513 g/mol. The van der Waals surface area contributed by atoms with Crippen molar-refractivity contribution in [2.75, 3.05) is 41.7 Å². The lowest BCUT2D eigenvalue weighted by molar-refractivity contribution is 0.591. The van der Waals surface area contributed by atoms with Crippen molar-refractivity contribution < 1.29 is 8.42 Å². The van der Waals surface area contributed by atoms with Crippen molar-refractivity contribution in [2.24, 2.45) is 0 Å². The van der Waals surface area contributed by atoms with Gasteiger partial charge in [-0.25, -0.2) is 8.42 Å². The van der Waals surface area contributed by atoms with Gasteiger partial charge in [-0.2, -0.15) is 0 Å². The van der Waals surface area contributed by atoms with E-state index in [9.17, 15) is 8.42 Å². The van der Waals surface area contributed by atoms with Gasteiger partial charge >= 0.3 is 0 Å². The van der Waals surface area contributed by atoms with E-state index in [0.717, 1.165) is 13.1 Å². The fraction of sp³-hybridized carbons (Fsp3) is 0.304. The summed E-state index contributed by atoms with van der Waals surface area (Å²) in [6.45, 7) is 4.83. The molecule has 4 rings (SSSR count). The number of nitrogens with zero attached hydrogens (tertiary/aromatic N) is 2. The van der Waals surface area contributed by atoms with Gasteiger partial charge in [-0.3, -0.25) is 0 Å². The standard InChI is InChI=1S/C23H24Cl3N3O2S/c1-2-14-32(30,31)23-21(26)20(18-9-8-16(24)15-19(18)25)22(27-23)29-12-10-28(11-13-29)17-6-4-3-5-7-17/h3-9,15,27H,2,10-14H2,1H3. The lowest BCUT2D eigenvalue weighted by Crippen LogP contribution is -2.46. The molecule has 0 atom stereocenters. The lowest BCUT2D eigenvalue weighted by atomic mass is 10.1. The van der Waals surface area contributed by atoms with Gasteiger partial charge in [0.15, 0.2) is 14.9 Å². The van der Waals surface area contributed by atoms with Crippen LogP contribution in [-0.2, 0) is 9.84 Å². The minimum Gasteiger partial charge on any atom is -0.368 e. The Kier molecular flexibility index (Phi) is 6.96. The molecule has 32 heavy (non-hydrogen) atoms. The van der Waals surface area contributed by atoms with E-state index < -0.39 is 9.84 Å². The van der Waals surface area contributed by atoms with Crippen LogP contribution in [-0.4, -0.2) is 45.3 Å². The van der Waals surface area contributed by atoms with Crippen molar-refractivity contribution in [3.05, 3.63) is 63.6 Å². The van der Waals surface area contributed by atoms with Crippen molar-refractivity contribution in [3.8, 4) is 11.1 Å². The van der Waals surface area contributed by atoms with Crippen LogP contribution in [0.15, 0.2) is 53.6 Å². The van der Waals surface area contributed by atoms with Crippen molar-refractivity contribution in [1.82, 2.24) is 4.98 Å². The van der Waals surface area contributed by atoms with Gasteiger partial charge in [0, 0.05) is 48.0 Å². The molecule has 1 aliphatic heterocycles. The predicted molar refractivity (Wildman–Crippen MR) is 134 cm³/mol. The van der Waals surface area contributed by atoms with Gasteiger partial charge < -0.3 is 14.8 Å². The van der Waals surface area contributed by atoms with Crippen molar-refractivity contribution in [3.63, 3.8) is 0 Å². The summed E-state index contributed by atoms with van der Waals surface area (Å²) >= 11 is 19.3. The maximum absolute atomic E-state index is 12.9. The smallest absolute Gasteiger partial charge is 0.195 e. The molecule has 5 nitrogen and oxygen atoms in total. The maximum atomic E-state index is 12.9. The molecule has 1 N–H and O–H groups in total. The molecular weight excluding hydrogens is 489 g/mol. The van der Waals surface area contributed by atoms with Crippen molar-refractivity contribution in [1.29, 1.82) is 0 Å². The highest BCUT2D eigenvalue weighted by molar-refractivity contribution is 7.91. The number of piperazine rings is 1. The third-order valence-corrected chi connectivity index (χ3v) is 8.50. The quantitative estimate of drug-likeness (QED) is 0.430.